The largest absolute Gasteiger partial charge is 0.497 e. The summed E-state index contributed by atoms with van der Waals surface area (Å²) in [6.07, 6.45) is 0.750. The number of ether oxygens (including phenoxy) is 2. The van der Waals surface area contributed by atoms with Crippen LogP contribution in [0.3, 0.4) is 0 Å². The van der Waals surface area contributed by atoms with Crippen LogP contribution in [0.2, 0.25) is 0 Å². The first-order valence-electron chi connectivity index (χ1n) is 13.9. The van der Waals surface area contributed by atoms with Crippen LogP contribution in [0.4, 0.5) is 17.6 Å². The molecule has 1 saturated carbocycles. The number of likely N-dealkylation sites (tertiary alicyclic amines) is 1. The lowest BCUT2D eigenvalue weighted by Crippen LogP contribution is -2.66. The summed E-state index contributed by atoms with van der Waals surface area (Å²) in [4.78, 5) is 2.31. The van der Waals surface area contributed by atoms with E-state index in [-0.39, 0.29) is 19.1 Å². The van der Waals surface area contributed by atoms with Crippen molar-refractivity contribution < 1.29 is 27.0 Å². The van der Waals surface area contributed by atoms with E-state index < -0.39 is 29.5 Å². The van der Waals surface area contributed by atoms with Crippen molar-refractivity contribution in [3.63, 3.8) is 0 Å². The molecule has 39 heavy (non-hydrogen) atoms. The molecule has 2 unspecified atom stereocenters. The molecule has 0 amide bonds. The predicted molar refractivity (Wildman–Crippen MR) is 142 cm³/mol. The van der Waals surface area contributed by atoms with Crippen molar-refractivity contribution in [3.8, 4) is 5.75 Å². The van der Waals surface area contributed by atoms with Crippen molar-refractivity contribution in [3.05, 3.63) is 64.7 Å². The van der Waals surface area contributed by atoms with Crippen LogP contribution < -0.4 is 10.2 Å². The van der Waals surface area contributed by atoms with Crippen LogP contribution in [0.15, 0.2) is 42.5 Å². The minimum Gasteiger partial charge on any atom is -0.497 e. The van der Waals surface area contributed by atoms with Gasteiger partial charge >= 0.3 is 6.18 Å². The van der Waals surface area contributed by atoms with Crippen LogP contribution in [0, 0.1) is 6.92 Å². The maximum atomic E-state index is 17.8. The molecule has 1 N–H and O–H groups in total. The van der Waals surface area contributed by atoms with Crippen LogP contribution in [-0.4, -0.2) is 68.2 Å². The van der Waals surface area contributed by atoms with Crippen molar-refractivity contribution >= 4 is 0 Å². The molecule has 2 saturated heterocycles. The lowest BCUT2D eigenvalue weighted by molar-refractivity contribution is -0.137. The fourth-order valence-corrected chi connectivity index (χ4v) is 7.05. The Kier molecular flexibility index (Phi) is 8.25. The molecule has 2 heterocycles. The van der Waals surface area contributed by atoms with Crippen molar-refractivity contribution in [2.24, 2.45) is 0 Å². The molecule has 0 aromatic heterocycles. The van der Waals surface area contributed by atoms with E-state index in [9.17, 15) is 13.2 Å². The maximum absolute atomic E-state index is 17.8. The van der Waals surface area contributed by atoms with E-state index in [0.29, 0.717) is 31.1 Å². The molecule has 5 nitrogen and oxygen atoms in total. The normalized spacial score (nSPS) is 29.3. The van der Waals surface area contributed by atoms with Crippen LogP contribution in [-0.2, 0) is 10.9 Å². The van der Waals surface area contributed by atoms with E-state index in [1.165, 1.54) is 6.07 Å². The fourth-order valence-electron chi connectivity index (χ4n) is 7.05. The number of methoxy groups -OCH3 is 2. The third kappa shape index (κ3) is 5.56. The van der Waals surface area contributed by atoms with Gasteiger partial charge in [-0.25, -0.2) is 9.40 Å². The Bertz CT molecular complexity index is 1120. The number of benzene rings is 2. The summed E-state index contributed by atoms with van der Waals surface area (Å²) in [7, 11) is 3.21. The average molecular weight is 550 g/mol. The Morgan fingerprint density at radius 3 is 2.36 bits per heavy atom. The summed E-state index contributed by atoms with van der Waals surface area (Å²) in [5.41, 5.74) is 4.99. The van der Waals surface area contributed by atoms with Gasteiger partial charge in [0.05, 0.1) is 25.3 Å². The first-order valence-corrected chi connectivity index (χ1v) is 13.9. The lowest BCUT2D eigenvalue weighted by atomic mass is 9.82. The SMILES string of the molecule is COCC1C(c2ccc(C(F)(F)F)cc2C)CCNN1[C@]1(F)CN(C2CCCC2)C[C@@H]1c1ccc(OC)cc1. The van der Waals surface area contributed by atoms with Gasteiger partial charge in [-0.3, -0.25) is 10.3 Å². The second-order valence-corrected chi connectivity index (χ2v) is 11.3. The van der Waals surface area contributed by atoms with Crippen molar-refractivity contribution in [2.75, 3.05) is 40.5 Å². The van der Waals surface area contributed by atoms with Gasteiger partial charge < -0.3 is 9.47 Å². The standard InChI is InChI=1S/C30H39F4N3O2/c1-20-16-22(30(32,33)34)10-13-25(20)26-14-15-35-37(28(26)18-38-2)29(31)19-36(23-6-4-5-7-23)17-27(29)21-8-11-24(39-3)12-9-21/h8-13,16,23,26-28,35H,4-7,14-15,17-19H2,1-3H3/t26?,27-,28?,29-/m1/s1. The number of rotatable bonds is 7. The van der Waals surface area contributed by atoms with Crippen LogP contribution >= 0.6 is 0 Å². The van der Waals surface area contributed by atoms with E-state index >= 15 is 4.39 Å². The summed E-state index contributed by atoms with van der Waals surface area (Å²) in [5, 5.41) is 1.76. The average Bonchev–Trinajstić information content (AvgIpc) is 3.57. The number of hydrazine groups is 1. The fraction of sp³-hybridized carbons (Fsp3) is 0.600. The van der Waals surface area contributed by atoms with Gasteiger partial charge in [-0.1, -0.05) is 31.0 Å². The zero-order valence-corrected chi connectivity index (χ0v) is 22.9. The number of nitrogens with zero attached hydrogens (tertiary/aromatic N) is 2. The first-order chi connectivity index (χ1) is 18.7. The molecule has 3 fully saturated rings. The van der Waals surface area contributed by atoms with Crippen molar-refractivity contribution in [1.29, 1.82) is 0 Å². The smallest absolute Gasteiger partial charge is 0.416 e. The van der Waals surface area contributed by atoms with Gasteiger partial charge in [0.2, 0.25) is 0 Å². The summed E-state index contributed by atoms with van der Waals surface area (Å²) >= 11 is 0. The maximum Gasteiger partial charge on any atom is 0.416 e. The van der Waals surface area contributed by atoms with Crippen molar-refractivity contribution in [2.45, 2.75) is 74.9 Å². The Morgan fingerprint density at radius 1 is 1.03 bits per heavy atom. The van der Waals surface area contributed by atoms with E-state index in [1.807, 2.05) is 24.3 Å². The highest BCUT2D eigenvalue weighted by atomic mass is 19.4. The second-order valence-electron chi connectivity index (χ2n) is 11.3. The van der Waals surface area contributed by atoms with E-state index in [2.05, 4.69) is 10.3 Å². The highest BCUT2D eigenvalue weighted by Gasteiger charge is 2.57. The molecule has 0 spiro atoms. The predicted octanol–water partition coefficient (Wildman–Crippen LogP) is 6.04. The van der Waals surface area contributed by atoms with Gasteiger partial charge in [0.1, 0.15) is 5.75 Å². The summed E-state index contributed by atoms with van der Waals surface area (Å²) in [6.45, 7) is 3.36. The molecule has 214 valence electrons. The number of nitrogens with one attached hydrogen (secondary N) is 1. The van der Waals surface area contributed by atoms with Gasteiger partial charge in [0.25, 0.3) is 0 Å². The summed E-state index contributed by atoms with van der Waals surface area (Å²) in [5.74, 6) is -1.61. The number of hydrogen-bond acceptors (Lipinski definition) is 5. The first kappa shape index (κ1) is 28.3. The molecular weight excluding hydrogens is 510 g/mol. The number of hydrogen-bond donors (Lipinski definition) is 1. The Morgan fingerprint density at radius 2 is 1.74 bits per heavy atom. The third-order valence-corrected chi connectivity index (χ3v) is 9.00. The molecule has 1 aliphatic carbocycles. The van der Waals surface area contributed by atoms with E-state index in [4.69, 9.17) is 9.47 Å². The second kappa shape index (κ2) is 11.4. The Hall–Kier alpha value is -2.20. The molecule has 2 aromatic carbocycles. The van der Waals surface area contributed by atoms with Crippen LogP contribution in [0.1, 0.15) is 66.2 Å². The molecule has 3 aliphatic rings. The topological polar surface area (TPSA) is 37.0 Å². The molecular formula is C30H39F4N3O2. The highest BCUT2D eigenvalue weighted by Crippen LogP contribution is 2.47. The summed E-state index contributed by atoms with van der Waals surface area (Å²) in [6, 6.07) is 11.5. The minimum atomic E-state index is -4.41. The van der Waals surface area contributed by atoms with Gasteiger partial charge in [-0.2, -0.15) is 13.2 Å². The zero-order chi connectivity index (χ0) is 27.8. The van der Waals surface area contributed by atoms with E-state index in [0.717, 1.165) is 48.6 Å². The molecule has 2 aliphatic heterocycles. The number of alkyl halides is 4. The summed E-state index contributed by atoms with van der Waals surface area (Å²) < 4.78 is 68.9. The number of aryl methyl sites for hydroxylation is 1. The van der Waals surface area contributed by atoms with Gasteiger partial charge in [-0.15, -0.1) is 0 Å². The zero-order valence-electron chi connectivity index (χ0n) is 22.9. The van der Waals surface area contributed by atoms with Crippen molar-refractivity contribution in [1.82, 2.24) is 15.3 Å². The number of halogens is 4. The quantitative estimate of drug-likeness (QED) is 0.337. The monoisotopic (exact) mass is 549 g/mol. The van der Waals surface area contributed by atoms with E-state index in [1.54, 1.807) is 32.2 Å². The Balaban J connectivity index is 1.51. The molecule has 2 aromatic rings. The molecule has 4 atom stereocenters. The lowest BCUT2D eigenvalue weighted by Gasteiger charge is -2.49. The van der Waals surface area contributed by atoms with Crippen LogP contribution in [0.5, 0.6) is 5.75 Å². The Labute approximate surface area is 228 Å². The van der Waals surface area contributed by atoms with Gasteiger partial charge in [0, 0.05) is 44.6 Å². The van der Waals surface area contributed by atoms with Crippen LogP contribution in [0.25, 0.3) is 0 Å². The third-order valence-electron chi connectivity index (χ3n) is 9.00. The van der Waals surface area contributed by atoms with Gasteiger partial charge in [-0.05, 0) is 67.1 Å². The highest BCUT2D eigenvalue weighted by molar-refractivity contribution is 5.37. The van der Waals surface area contributed by atoms with Gasteiger partial charge in [0.15, 0.2) is 5.79 Å². The molecule has 0 bridgehead atoms. The minimum absolute atomic E-state index is 0.182. The molecule has 0 radical (unpaired) electrons. The molecule has 5 rings (SSSR count). The molecule has 9 heteroatoms.